The second-order valence-electron chi connectivity index (χ2n) is 8.03. The van der Waals surface area contributed by atoms with E-state index in [1.165, 1.54) is 0 Å². The first-order valence-corrected chi connectivity index (χ1v) is 9.91. The summed E-state index contributed by atoms with van der Waals surface area (Å²) < 4.78 is 0. The van der Waals surface area contributed by atoms with Crippen LogP contribution in [0, 0.1) is 23.2 Å². The SMILES string of the molecule is CC(=O)N1c2ccc(C(N)=O)cc2[C@H](Nc2ccc(C#N)cc2)[C@@H](C)[C@@H]1C1CC1. The van der Waals surface area contributed by atoms with Gasteiger partial charge in [-0.15, -0.1) is 0 Å². The van der Waals surface area contributed by atoms with Gasteiger partial charge < -0.3 is 16.0 Å². The van der Waals surface area contributed by atoms with Crippen molar-refractivity contribution < 1.29 is 9.59 Å². The summed E-state index contributed by atoms with van der Waals surface area (Å²) in [7, 11) is 0. The highest BCUT2D eigenvalue weighted by molar-refractivity contribution is 5.97. The zero-order valence-corrected chi connectivity index (χ0v) is 16.6. The Morgan fingerprint density at radius 3 is 2.41 bits per heavy atom. The van der Waals surface area contributed by atoms with Crippen molar-refractivity contribution >= 4 is 23.2 Å². The molecule has 1 aliphatic carbocycles. The van der Waals surface area contributed by atoms with E-state index in [-0.39, 0.29) is 23.9 Å². The molecule has 0 unspecified atom stereocenters. The number of rotatable bonds is 4. The van der Waals surface area contributed by atoms with E-state index < -0.39 is 5.91 Å². The molecule has 1 saturated carbocycles. The van der Waals surface area contributed by atoms with Crippen molar-refractivity contribution in [1.29, 1.82) is 5.26 Å². The summed E-state index contributed by atoms with van der Waals surface area (Å²) in [6.07, 6.45) is 2.24. The molecule has 0 aromatic heterocycles. The quantitative estimate of drug-likeness (QED) is 0.836. The molecule has 1 fully saturated rings. The molecule has 3 N–H and O–H groups in total. The van der Waals surface area contributed by atoms with Crippen molar-refractivity contribution in [2.75, 3.05) is 10.2 Å². The highest BCUT2D eigenvalue weighted by Gasteiger charge is 2.47. The van der Waals surface area contributed by atoms with Crippen LogP contribution in [-0.2, 0) is 4.79 Å². The molecule has 3 atom stereocenters. The Balaban J connectivity index is 1.80. The maximum Gasteiger partial charge on any atom is 0.248 e. The van der Waals surface area contributed by atoms with Crippen LogP contribution in [0.5, 0.6) is 0 Å². The Labute approximate surface area is 170 Å². The molecule has 0 radical (unpaired) electrons. The Hall–Kier alpha value is -3.33. The third kappa shape index (κ3) is 3.44. The maximum atomic E-state index is 12.6. The number of hydrogen-bond acceptors (Lipinski definition) is 4. The van der Waals surface area contributed by atoms with Crippen LogP contribution >= 0.6 is 0 Å². The molecule has 1 aliphatic heterocycles. The first-order chi connectivity index (χ1) is 13.9. The molecule has 0 spiro atoms. The Kier molecular flexibility index (Phi) is 4.75. The Bertz CT molecular complexity index is 1000. The van der Waals surface area contributed by atoms with Crippen LogP contribution < -0.4 is 16.0 Å². The fourth-order valence-electron chi connectivity index (χ4n) is 4.54. The molecule has 1 heterocycles. The normalized spacial score (nSPS) is 23.1. The number of anilines is 2. The van der Waals surface area contributed by atoms with Crippen LogP contribution in [0.4, 0.5) is 11.4 Å². The largest absolute Gasteiger partial charge is 0.378 e. The smallest absolute Gasteiger partial charge is 0.248 e. The summed E-state index contributed by atoms with van der Waals surface area (Å²) in [5.74, 6) is 0.149. The summed E-state index contributed by atoms with van der Waals surface area (Å²) in [5, 5.41) is 12.6. The molecule has 0 saturated heterocycles. The van der Waals surface area contributed by atoms with E-state index in [0.29, 0.717) is 17.0 Å². The molecule has 6 nitrogen and oxygen atoms in total. The van der Waals surface area contributed by atoms with E-state index in [1.54, 1.807) is 31.2 Å². The summed E-state index contributed by atoms with van der Waals surface area (Å²) in [5.41, 5.74) is 9.17. The second kappa shape index (κ2) is 7.25. The number of carbonyl (C=O) groups is 2. The van der Waals surface area contributed by atoms with Gasteiger partial charge in [-0.1, -0.05) is 6.92 Å². The number of nitrogens with one attached hydrogen (secondary N) is 1. The van der Waals surface area contributed by atoms with E-state index >= 15 is 0 Å². The Morgan fingerprint density at radius 1 is 1.17 bits per heavy atom. The second-order valence-corrected chi connectivity index (χ2v) is 8.03. The van der Waals surface area contributed by atoms with Gasteiger partial charge in [0.25, 0.3) is 0 Å². The van der Waals surface area contributed by atoms with Gasteiger partial charge in [0.15, 0.2) is 0 Å². The van der Waals surface area contributed by atoms with Crippen LogP contribution in [0.15, 0.2) is 42.5 Å². The number of nitrogens with zero attached hydrogens (tertiary/aromatic N) is 2. The van der Waals surface area contributed by atoms with E-state index in [1.807, 2.05) is 23.1 Å². The molecule has 4 rings (SSSR count). The van der Waals surface area contributed by atoms with Crippen molar-refractivity contribution in [2.24, 2.45) is 17.6 Å². The average molecular weight is 388 g/mol. The predicted octanol–water partition coefficient (Wildman–Crippen LogP) is 3.59. The number of nitriles is 1. The topological polar surface area (TPSA) is 99.2 Å². The van der Waals surface area contributed by atoms with Crippen molar-refractivity contribution in [3.05, 3.63) is 59.2 Å². The molecule has 2 amide bonds. The van der Waals surface area contributed by atoms with Crippen LogP contribution in [0.1, 0.15) is 54.2 Å². The Morgan fingerprint density at radius 2 is 1.86 bits per heavy atom. The monoisotopic (exact) mass is 388 g/mol. The molecule has 2 aromatic rings. The van der Waals surface area contributed by atoms with Crippen molar-refractivity contribution in [3.63, 3.8) is 0 Å². The summed E-state index contributed by atoms with van der Waals surface area (Å²) >= 11 is 0. The van der Waals surface area contributed by atoms with Gasteiger partial charge in [0.05, 0.1) is 17.7 Å². The first kappa shape index (κ1) is 19.0. The van der Waals surface area contributed by atoms with Crippen molar-refractivity contribution in [2.45, 2.75) is 38.8 Å². The van der Waals surface area contributed by atoms with Gasteiger partial charge in [-0.05, 0) is 66.8 Å². The van der Waals surface area contributed by atoms with Gasteiger partial charge in [-0.3, -0.25) is 9.59 Å². The lowest BCUT2D eigenvalue weighted by Crippen LogP contribution is -2.51. The number of nitrogens with two attached hydrogens (primary N) is 1. The summed E-state index contributed by atoms with van der Waals surface area (Å²) in [6.45, 7) is 3.75. The van der Waals surface area contributed by atoms with E-state index in [4.69, 9.17) is 11.0 Å². The zero-order valence-electron chi connectivity index (χ0n) is 16.6. The molecular formula is C23H24N4O2. The number of hydrogen-bond donors (Lipinski definition) is 2. The third-order valence-electron chi connectivity index (χ3n) is 6.05. The highest BCUT2D eigenvalue weighted by Crippen LogP contribution is 2.50. The predicted molar refractivity (Wildman–Crippen MR) is 111 cm³/mol. The van der Waals surface area contributed by atoms with Gasteiger partial charge in [-0.2, -0.15) is 5.26 Å². The van der Waals surface area contributed by atoms with Gasteiger partial charge in [0, 0.05) is 35.8 Å². The zero-order chi connectivity index (χ0) is 20.7. The molecule has 29 heavy (non-hydrogen) atoms. The standard InChI is InChI=1S/C23H24N4O2/c1-13-21(26-18-8-3-15(12-24)4-9-18)19-11-17(23(25)29)7-10-20(19)27(14(2)28)22(13)16-5-6-16/h3-4,7-11,13,16,21-22,26H,5-6H2,1-2H3,(H2,25,29)/t13-,21-,22-/m1/s1. The minimum Gasteiger partial charge on any atom is -0.378 e. The van der Waals surface area contributed by atoms with Crippen LogP contribution in [0.25, 0.3) is 0 Å². The number of carbonyl (C=O) groups excluding carboxylic acids is 2. The van der Waals surface area contributed by atoms with Crippen LogP contribution in [0.2, 0.25) is 0 Å². The lowest BCUT2D eigenvalue weighted by Gasteiger charge is -2.46. The van der Waals surface area contributed by atoms with E-state index in [0.717, 1.165) is 29.8 Å². The molecule has 0 bridgehead atoms. The first-order valence-electron chi connectivity index (χ1n) is 9.91. The van der Waals surface area contributed by atoms with Crippen molar-refractivity contribution in [3.8, 4) is 6.07 Å². The van der Waals surface area contributed by atoms with Gasteiger partial charge >= 0.3 is 0 Å². The maximum absolute atomic E-state index is 12.6. The molecule has 2 aliphatic rings. The molecule has 6 heteroatoms. The molecule has 2 aromatic carbocycles. The third-order valence-corrected chi connectivity index (χ3v) is 6.05. The number of amides is 2. The molecule has 148 valence electrons. The van der Waals surface area contributed by atoms with E-state index in [2.05, 4.69) is 18.3 Å². The van der Waals surface area contributed by atoms with E-state index in [9.17, 15) is 9.59 Å². The van der Waals surface area contributed by atoms with Crippen LogP contribution in [0.3, 0.4) is 0 Å². The van der Waals surface area contributed by atoms with Gasteiger partial charge in [-0.25, -0.2) is 0 Å². The van der Waals surface area contributed by atoms with Crippen LogP contribution in [-0.4, -0.2) is 17.9 Å². The summed E-state index contributed by atoms with van der Waals surface area (Å²) in [6, 6.07) is 14.8. The van der Waals surface area contributed by atoms with Crippen molar-refractivity contribution in [1.82, 2.24) is 0 Å². The fraction of sp³-hybridized carbons (Fsp3) is 0.348. The lowest BCUT2D eigenvalue weighted by atomic mass is 9.79. The number of primary amides is 1. The average Bonchev–Trinajstić information content (AvgIpc) is 3.54. The number of fused-ring (bicyclic) bond motifs is 1. The minimum absolute atomic E-state index is 0.0126. The highest BCUT2D eigenvalue weighted by atomic mass is 16.2. The minimum atomic E-state index is -0.490. The van der Waals surface area contributed by atoms with Gasteiger partial charge in [0.2, 0.25) is 11.8 Å². The van der Waals surface area contributed by atoms with Gasteiger partial charge in [0.1, 0.15) is 0 Å². The fourth-order valence-corrected chi connectivity index (χ4v) is 4.54. The molecular weight excluding hydrogens is 364 g/mol. The lowest BCUT2D eigenvalue weighted by molar-refractivity contribution is -0.117. The number of benzene rings is 2. The summed E-state index contributed by atoms with van der Waals surface area (Å²) in [4.78, 5) is 26.3.